The first kappa shape index (κ1) is 20.0. The fourth-order valence-electron chi connectivity index (χ4n) is 3.70. The van der Waals surface area contributed by atoms with Gasteiger partial charge in [0.05, 0.1) is 11.4 Å². The monoisotopic (exact) mass is 399 g/mol. The zero-order chi connectivity index (χ0) is 20.6. The minimum atomic E-state index is -0.950. The van der Waals surface area contributed by atoms with Crippen LogP contribution in [-0.2, 0) is 4.79 Å². The second kappa shape index (κ2) is 7.68. The maximum absolute atomic E-state index is 13.2. The van der Waals surface area contributed by atoms with E-state index in [4.69, 9.17) is 11.6 Å². The van der Waals surface area contributed by atoms with Crippen molar-refractivity contribution in [1.29, 1.82) is 0 Å². The van der Waals surface area contributed by atoms with Crippen molar-refractivity contribution in [1.82, 2.24) is 4.57 Å². The zero-order valence-electron chi connectivity index (χ0n) is 15.9. The number of halogens is 1. The molecule has 146 valence electrons. The number of rotatable bonds is 5. The highest BCUT2D eigenvalue weighted by Gasteiger charge is 2.30. The number of carboxylic acid groups (broad SMARTS) is 1. The Bertz CT molecular complexity index is 1070. The minimum absolute atomic E-state index is 0.0230. The van der Waals surface area contributed by atoms with Crippen molar-refractivity contribution in [2.24, 2.45) is 5.92 Å². The molecule has 1 aromatic heterocycles. The van der Waals surface area contributed by atoms with E-state index in [1.54, 1.807) is 37.3 Å². The number of aliphatic carboxylic acids is 1. The Morgan fingerprint density at radius 1 is 1.14 bits per heavy atom. The van der Waals surface area contributed by atoms with Crippen molar-refractivity contribution in [2.45, 2.75) is 33.1 Å². The number of carbonyl (C=O) groups is 2. The number of nitrogens with zero attached hydrogens (tertiary/aromatic N) is 1. The summed E-state index contributed by atoms with van der Waals surface area (Å²) in [5.41, 5.74) is 2.08. The molecule has 1 unspecified atom stereocenters. The van der Waals surface area contributed by atoms with E-state index >= 15 is 0 Å². The number of carbonyl (C=O) groups excluding carboxylic acids is 1. The normalized spacial score (nSPS) is 12.5. The summed E-state index contributed by atoms with van der Waals surface area (Å²) in [5.74, 6) is -1.85. The standard InChI is InChI=1S/C22H22ClNO4/c1-12(2)9-18(22(27)28)20-13(3)24(19-8-7-16(25)11-17(19)20)21(26)14-5-4-6-15(23)10-14/h4-8,10-12,18,25H,9H2,1-3H3,(H,27,28). The van der Waals surface area contributed by atoms with Crippen molar-refractivity contribution >= 4 is 34.4 Å². The number of benzene rings is 2. The van der Waals surface area contributed by atoms with Gasteiger partial charge in [0.15, 0.2) is 0 Å². The molecule has 0 aliphatic rings. The summed E-state index contributed by atoms with van der Waals surface area (Å²) >= 11 is 6.04. The quantitative estimate of drug-likeness (QED) is 0.617. The van der Waals surface area contributed by atoms with Gasteiger partial charge in [-0.25, -0.2) is 0 Å². The third-order valence-electron chi connectivity index (χ3n) is 4.86. The Hall–Kier alpha value is -2.79. The number of carboxylic acids is 1. The Morgan fingerprint density at radius 3 is 2.46 bits per heavy atom. The van der Waals surface area contributed by atoms with Gasteiger partial charge < -0.3 is 10.2 Å². The molecule has 3 aromatic rings. The smallest absolute Gasteiger partial charge is 0.311 e. The molecule has 0 aliphatic heterocycles. The van der Waals surface area contributed by atoms with E-state index in [0.717, 1.165) is 0 Å². The lowest BCUT2D eigenvalue weighted by atomic mass is 9.88. The number of aromatic hydroxyl groups is 1. The molecule has 0 saturated carbocycles. The van der Waals surface area contributed by atoms with Crippen LogP contribution < -0.4 is 0 Å². The Balaban J connectivity index is 2.29. The summed E-state index contributed by atoms with van der Waals surface area (Å²) in [6.07, 6.45) is 0.427. The van der Waals surface area contributed by atoms with E-state index in [0.29, 0.717) is 39.2 Å². The van der Waals surface area contributed by atoms with Gasteiger partial charge in [-0.3, -0.25) is 14.2 Å². The molecule has 5 nitrogen and oxygen atoms in total. The topological polar surface area (TPSA) is 79.5 Å². The summed E-state index contributed by atoms with van der Waals surface area (Å²) in [6.45, 7) is 5.66. The fraction of sp³-hybridized carbons (Fsp3) is 0.273. The van der Waals surface area contributed by atoms with E-state index in [1.807, 2.05) is 13.8 Å². The number of phenolic OH excluding ortho intramolecular Hbond substituents is 1. The van der Waals surface area contributed by atoms with Crippen molar-refractivity contribution in [2.75, 3.05) is 0 Å². The molecule has 2 N–H and O–H groups in total. The van der Waals surface area contributed by atoms with E-state index in [1.165, 1.54) is 16.7 Å². The molecular weight excluding hydrogens is 378 g/mol. The summed E-state index contributed by atoms with van der Waals surface area (Å²) in [4.78, 5) is 25.3. The summed E-state index contributed by atoms with van der Waals surface area (Å²) in [6, 6.07) is 11.3. The summed E-state index contributed by atoms with van der Waals surface area (Å²) in [7, 11) is 0. The Kier molecular flexibility index (Phi) is 5.47. The lowest BCUT2D eigenvalue weighted by Crippen LogP contribution is -2.17. The minimum Gasteiger partial charge on any atom is -0.508 e. The van der Waals surface area contributed by atoms with Gasteiger partial charge in [0.1, 0.15) is 5.75 Å². The maximum atomic E-state index is 13.2. The molecule has 0 amide bonds. The van der Waals surface area contributed by atoms with E-state index in [2.05, 4.69) is 0 Å². The largest absolute Gasteiger partial charge is 0.508 e. The van der Waals surface area contributed by atoms with Crippen molar-refractivity contribution in [3.8, 4) is 5.75 Å². The zero-order valence-corrected chi connectivity index (χ0v) is 16.7. The number of aromatic nitrogens is 1. The highest BCUT2D eigenvalue weighted by Crippen LogP contribution is 2.37. The molecule has 0 saturated heterocycles. The van der Waals surface area contributed by atoms with Crippen LogP contribution >= 0.6 is 11.6 Å². The molecule has 0 spiro atoms. The van der Waals surface area contributed by atoms with Crippen LogP contribution in [0.1, 0.15) is 47.8 Å². The predicted molar refractivity (Wildman–Crippen MR) is 109 cm³/mol. The molecule has 2 aromatic carbocycles. The van der Waals surface area contributed by atoms with Gasteiger partial charge >= 0.3 is 5.97 Å². The summed E-state index contributed by atoms with van der Waals surface area (Å²) < 4.78 is 1.51. The Morgan fingerprint density at radius 2 is 1.86 bits per heavy atom. The highest BCUT2D eigenvalue weighted by molar-refractivity contribution is 6.31. The first-order chi connectivity index (χ1) is 13.2. The Labute approximate surface area is 168 Å². The third-order valence-corrected chi connectivity index (χ3v) is 5.10. The lowest BCUT2D eigenvalue weighted by Gasteiger charge is -2.16. The predicted octanol–water partition coefficient (Wildman–Crippen LogP) is 5.21. The first-order valence-electron chi connectivity index (χ1n) is 9.07. The fourth-order valence-corrected chi connectivity index (χ4v) is 3.89. The van der Waals surface area contributed by atoms with E-state index in [9.17, 15) is 19.8 Å². The average Bonchev–Trinajstić information content (AvgIpc) is 2.89. The van der Waals surface area contributed by atoms with Gasteiger partial charge in [-0.05, 0) is 61.2 Å². The van der Waals surface area contributed by atoms with E-state index < -0.39 is 11.9 Å². The average molecular weight is 400 g/mol. The third kappa shape index (κ3) is 3.62. The summed E-state index contributed by atoms with van der Waals surface area (Å²) in [5, 5.41) is 20.9. The SMILES string of the molecule is Cc1c(C(CC(C)C)C(=O)O)c2cc(O)ccc2n1C(=O)c1cccc(Cl)c1. The maximum Gasteiger partial charge on any atom is 0.311 e. The second-order valence-electron chi connectivity index (χ2n) is 7.37. The number of hydrogen-bond donors (Lipinski definition) is 2. The number of hydrogen-bond acceptors (Lipinski definition) is 3. The molecule has 0 bridgehead atoms. The van der Waals surface area contributed by atoms with Crippen LogP contribution in [0.25, 0.3) is 10.9 Å². The molecule has 3 rings (SSSR count). The van der Waals surface area contributed by atoms with Gasteiger partial charge in [-0.2, -0.15) is 0 Å². The van der Waals surface area contributed by atoms with Crippen LogP contribution in [0, 0.1) is 12.8 Å². The number of phenols is 1. The van der Waals surface area contributed by atoms with E-state index in [-0.39, 0.29) is 17.6 Å². The van der Waals surface area contributed by atoms with Gasteiger partial charge in [-0.1, -0.05) is 31.5 Å². The van der Waals surface area contributed by atoms with Crippen LogP contribution in [0.2, 0.25) is 5.02 Å². The second-order valence-corrected chi connectivity index (χ2v) is 7.81. The molecule has 0 aliphatic carbocycles. The molecular formula is C22H22ClNO4. The van der Waals surface area contributed by atoms with Crippen molar-refractivity contribution in [3.05, 3.63) is 64.3 Å². The van der Waals surface area contributed by atoms with Crippen LogP contribution in [0.4, 0.5) is 0 Å². The molecule has 0 radical (unpaired) electrons. The molecule has 1 heterocycles. The van der Waals surface area contributed by atoms with Crippen molar-refractivity contribution < 1.29 is 19.8 Å². The molecule has 28 heavy (non-hydrogen) atoms. The first-order valence-corrected chi connectivity index (χ1v) is 9.45. The van der Waals surface area contributed by atoms with Crippen molar-refractivity contribution in [3.63, 3.8) is 0 Å². The molecule has 0 fully saturated rings. The number of fused-ring (bicyclic) bond motifs is 1. The van der Waals surface area contributed by atoms with Gasteiger partial charge in [-0.15, -0.1) is 0 Å². The van der Waals surface area contributed by atoms with Crippen LogP contribution in [0.5, 0.6) is 5.75 Å². The molecule has 6 heteroatoms. The highest BCUT2D eigenvalue weighted by atomic mass is 35.5. The van der Waals surface area contributed by atoms with Crippen LogP contribution in [0.3, 0.4) is 0 Å². The van der Waals surface area contributed by atoms with Gasteiger partial charge in [0.2, 0.25) is 0 Å². The molecule has 1 atom stereocenters. The van der Waals surface area contributed by atoms with Gasteiger partial charge in [0.25, 0.3) is 5.91 Å². The van der Waals surface area contributed by atoms with Crippen LogP contribution in [0.15, 0.2) is 42.5 Å². The van der Waals surface area contributed by atoms with Gasteiger partial charge in [0, 0.05) is 21.7 Å². The lowest BCUT2D eigenvalue weighted by molar-refractivity contribution is -0.139. The van der Waals surface area contributed by atoms with Crippen LogP contribution in [-0.4, -0.2) is 26.7 Å².